The monoisotopic (exact) mass is 384 g/mol. The van der Waals surface area contributed by atoms with Crippen LogP contribution in [0, 0.1) is 0 Å². The topological polar surface area (TPSA) is 114 Å². The number of aromatic nitrogens is 2. The van der Waals surface area contributed by atoms with Gasteiger partial charge in [-0.05, 0) is 6.42 Å². The molecule has 1 saturated heterocycles. The lowest BCUT2D eigenvalue weighted by Gasteiger charge is -2.17. The highest BCUT2D eigenvalue weighted by atomic mass is 127. The van der Waals surface area contributed by atoms with Crippen molar-refractivity contribution in [2.24, 2.45) is 0 Å². The average Bonchev–Trinajstić information content (AvgIpc) is 2.65. The van der Waals surface area contributed by atoms with Gasteiger partial charge in [0, 0.05) is 18.9 Å². The van der Waals surface area contributed by atoms with Gasteiger partial charge in [-0.3, -0.25) is 9.36 Å². The van der Waals surface area contributed by atoms with Crippen molar-refractivity contribution >= 4 is 22.9 Å². The summed E-state index contributed by atoms with van der Waals surface area (Å²) in [5, 5.41) is 28.5. The molecule has 0 bridgehead atoms. The van der Waals surface area contributed by atoms with Crippen molar-refractivity contribution in [3.8, 4) is 0 Å². The molecule has 1 fully saturated rings. The van der Waals surface area contributed by atoms with Gasteiger partial charge >= 0.3 is 5.69 Å². The highest BCUT2D eigenvalue weighted by Crippen LogP contribution is 2.29. The second-order valence-corrected chi connectivity index (χ2v) is 5.15. The van der Waals surface area contributed by atoms with Crippen molar-refractivity contribution in [1.82, 2.24) is 7.35 Å². The zero-order chi connectivity index (χ0) is 14.2. The molecule has 19 heavy (non-hydrogen) atoms. The molecule has 0 aromatic carbocycles. The summed E-state index contributed by atoms with van der Waals surface area (Å²) in [6, 6.07) is 1.16. The summed E-state index contributed by atoms with van der Waals surface area (Å²) < 4.78 is 7.26. The van der Waals surface area contributed by atoms with Crippen molar-refractivity contribution < 1.29 is 20.1 Å². The minimum Gasteiger partial charge on any atom is -0.396 e. The van der Waals surface area contributed by atoms with Crippen molar-refractivity contribution in [3.63, 3.8) is 0 Å². The molecule has 0 spiro atoms. The average molecular weight is 384 g/mol. The van der Waals surface area contributed by atoms with Crippen LogP contribution < -0.4 is 11.2 Å². The van der Waals surface area contributed by atoms with Gasteiger partial charge in [-0.15, -0.1) is 0 Å². The van der Waals surface area contributed by atoms with Gasteiger partial charge in [-0.1, -0.05) is 0 Å². The summed E-state index contributed by atoms with van der Waals surface area (Å²) in [7, 11) is 0. The Morgan fingerprint density at radius 1 is 1.32 bits per heavy atom. The molecule has 3 N–H and O–H groups in total. The highest BCUT2D eigenvalue weighted by molar-refractivity contribution is 14.1. The molecule has 106 valence electrons. The van der Waals surface area contributed by atoms with E-state index >= 15 is 0 Å². The molecule has 1 aliphatic heterocycles. The summed E-state index contributed by atoms with van der Waals surface area (Å²) in [4.78, 5) is 23.2. The fourth-order valence-corrected chi connectivity index (χ4v) is 2.40. The van der Waals surface area contributed by atoms with Gasteiger partial charge in [0.25, 0.3) is 5.56 Å². The van der Waals surface area contributed by atoms with Crippen LogP contribution in [-0.2, 0) is 4.74 Å². The maximum atomic E-state index is 11.9. The molecular formula is C10H13IN2O6. The third-order valence-electron chi connectivity index (χ3n) is 2.99. The number of aliphatic hydroxyl groups is 3. The summed E-state index contributed by atoms with van der Waals surface area (Å²) in [5.74, 6) is 0. The zero-order valence-electron chi connectivity index (χ0n) is 9.72. The summed E-state index contributed by atoms with van der Waals surface area (Å²) in [5.41, 5.74) is -1.14. The van der Waals surface area contributed by atoms with Crippen LogP contribution in [0.5, 0.6) is 0 Å². The summed E-state index contributed by atoms with van der Waals surface area (Å²) in [6.45, 7) is -0.207. The maximum Gasteiger partial charge on any atom is 0.342 e. The minimum atomic E-state index is -1.30. The Bertz CT molecular complexity index is 570. The number of aliphatic hydroxyl groups excluding tert-OH is 3. The van der Waals surface area contributed by atoms with Crippen LogP contribution in [0.1, 0.15) is 12.6 Å². The Kier molecular flexibility index (Phi) is 4.40. The van der Waals surface area contributed by atoms with Gasteiger partial charge < -0.3 is 20.1 Å². The van der Waals surface area contributed by atoms with Crippen LogP contribution in [0.2, 0.25) is 0 Å². The standard InChI is InChI=1S/C10H13IN2O6/c11-13-6(15)1-3-12(10(13)18)9-8(17)7(16)5(19-9)2-4-14/h1,3,5,7-9,14,16-17H,2,4H2. The van der Waals surface area contributed by atoms with E-state index in [1.54, 1.807) is 22.9 Å². The van der Waals surface area contributed by atoms with E-state index in [1.807, 2.05) is 0 Å². The van der Waals surface area contributed by atoms with Crippen LogP contribution in [0.15, 0.2) is 21.9 Å². The Balaban J connectivity index is 2.36. The first-order chi connectivity index (χ1) is 8.97. The summed E-state index contributed by atoms with van der Waals surface area (Å²) >= 11 is 1.55. The molecule has 9 heteroatoms. The Labute approximate surface area is 121 Å². The highest BCUT2D eigenvalue weighted by Gasteiger charge is 2.43. The van der Waals surface area contributed by atoms with E-state index in [0.717, 1.165) is 13.4 Å². The van der Waals surface area contributed by atoms with Gasteiger partial charge in [0.2, 0.25) is 0 Å². The number of hydrogen-bond donors (Lipinski definition) is 3. The van der Waals surface area contributed by atoms with Crippen LogP contribution >= 0.6 is 22.9 Å². The Morgan fingerprint density at radius 2 is 2.00 bits per heavy atom. The molecule has 2 heterocycles. The normalized spacial score (nSPS) is 30.7. The van der Waals surface area contributed by atoms with Crippen molar-refractivity contribution in [3.05, 3.63) is 33.1 Å². The SMILES string of the molecule is O=c1ccn(C2OC(CCO)C(O)C2O)c(=O)n1I. The number of halogens is 1. The minimum absolute atomic E-state index is 0.146. The molecule has 8 nitrogen and oxygen atoms in total. The lowest BCUT2D eigenvalue weighted by molar-refractivity contribution is -0.0452. The Morgan fingerprint density at radius 3 is 2.63 bits per heavy atom. The Hall–Kier alpha value is -0.750. The molecule has 1 aliphatic rings. The van der Waals surface area contributed by atoms with E-state index in [9.17, 15) is 19.8 Å². The molecule has 0 aliphatic carbocycles. The zero-order valence-corrected chi connectivity index (χ0v) is 11.9. The predicted molar refractivity (Wildman–Crippen MR) is 72.0 cm³/mol. The molecule has 4 atom stereocenters. The summed E-state index contributed by atoms with van der Waals surface area (Å²) in [6.07, 6.45) is -2.98. The van der Waals surface area contributed by atoms with Crippen LogP contribution in [0.4, 0.5) is 0 Å². The molecule has 1 aromatic heterocycles. The molecule has 2 rings (SSSR count). The van der Waals surface area contributed by atoms with E-state index in [0.29, 0.717) is 0 Å². The van der Waals surface area contributed by atoms with Crippen LogP contribution in [0.3, 0.4) is 0 Å². The molecule has 0 saturated carbocycles. The van der Waals surface area contributed by atoms with E-state index in [1.165, 1.54) is 6.20 Å². The number of ether oxygens (including phenoxy) is 1. The lowest BCUT2D eigenvalue weighted by atomic mass is 10.1. The first kappa shape index (κ1) is 14.7. The number of rotatable bonds is 3. The van der Waals surface area contributed by atoms with Gasteiger partial charge in [0.1, 0.15) is 12.2 Å². The first-order valence-corrected chi connectivity index (χ1v) is 6.56. The largest absolute Gasteiger partial charge is 0.396 e. The van der Waals surface area contributed by atoms with Gasteiger partial charge in [-0.25, -0.2) is 4.79 Å². The van der Waals surface area contributed by atoms with Crippen molar-refractivity contribution in [1.29, 1.82) is 0 Å². The maximum absolute atomic E-state index is 11.9. The number of nitrogens with zero attached hydrogens (tertiary/aromatic N) is 2. The van der Waals surface area contributed by atoms with Crippen LogP contribution in [-0.4, -0.2) is 47.6 Å². The van der Waals surface area contributed by atoms with Crippen molar-refractivity contribution in [2.75, 3.05) is 6.61 Å². The molecular weight excluding hydrogens is 371 g/mol. The third-order valence-corrected chi connectivity index (χ3v) is 3.87. The van der Waals surface area contributed by atoms with Crippen LogP contribution in [0.25, 0.3) is 0 Å². The van der Waals surface area contributed by atoms with Gasteiger partial charge in [0.15, 0.2) is 6.23 Å². The third kappa shape index (κ3) is 2.60. The second kappa shape index (κ2) is 5.71. The van der Waals surface area contributed by atoms with E-state index in [-0.39, 0.29) is 13.0 Å². The fraction of sp³-hybridized carbons (Fsp3) is 0.600. The first-order valence-electron chi connectivity index (χ1n) is 5.60. The van der Waals surface area contributed by atoms with E-state index in [4.69, 9.17) is 9.84 Å². The van der Waals surface area contributed by atoms with Gasteiger partial charge in [0.05, 0.1) is 29.0 Å². The molecule has 4 unspecified atom stereocenters. The van der Waals surface area contributed by atoms with E-state index < -0.39 is 35.8 Å². The molecule has 0 amide bonds. The van der Waals surface area contributed by atoms with E-state index in [2.05, 4.69) is 0 Å². The fourth-order valence-electron chi connectivity index (χ4n) is 1.99. The van der Waals surface area contributed by atoms with Crippen molar-refractivity contribution in [2.45, 2.75) is 31.0 Å². The predicted octanol–water partition coefficient (Wildman–Crippen LogP) is -1.79. The molecule has 1 aromatic rings. The smallest absolute Gasteiger partial charge is 0.342 e. The number of hydrogen-bond acceptors (Lipinski definition) is 6. The van der Waals surface area contributed by atoms with Gasteiger partial charge in [-0.2, -0.15) is 2.78 Å². The molecule has 0 radical (unpaired) electrons. The quantitative estimate of drug-likeness (QED) is 0.531. The second-order valence-electron chi connectivity index (χ2n) is 4.18. The lowest BCUT2D eigenvalue weighted by Crippen LogP contribution is -2.40.